The van der Waals surface area contributed by atoms with Gasteiger partial charge in [0.05, 0.1) is 12.8 Å². The summed E-state index contributed by atoms with van der Waals surface area (Å²) in [5.41, 5.74) is 12.3. The van der Waals surface area contributed by atoms with E-state index in [4.69, 9.17) is 10.5 Å². The monoisotopic (exact) mass is 444 g/mol. The second-order valence-corrected chi connectivity index (χ2v) is 8.95. The van der Waals surface area contributed by atoms with Crippen LogP contribution in [0.1, 0.15) is 5.56 Å². The van der Waals surface area contributed by atoms with Gasteiger partial charge in [-0.25, -0.2) is 0 Å². The molecule has 0 radical (unpaired) electrons. The Labute approximate surface area is 194 Å². The van der Waals surface area contributed by atoms with Gasteiger partial charge in [-0.05, 0) is 59.5 Å². The molecule has 0 aromatic heterocycles. The van der Waals surface area contributed by atoms with Gasteiger partial charge in [0.15, 0.2) is 0 Å². The molecule has 1 fully saturated rings. The van der Waals surface area contributed by atoms with E-state index < -0.39 is 0 Å². The molecule has 2 heterocycles. The van der Waals surface area contributed by atoms with Crippen LogP contribution < -0.4 is 25.2 Å². The van der Waals surface area contributed by atoms with Crippen LogP contribution in [0.3, 0.4) is 0 Å². The van der Waals surface area contributed by atoms with Gasteiger partial charge in [0.25, 0.3) is 0 Å². The third kappa shape index (κ3) is 4.16. The lowest BCUT2D eigenvalue weighted by Gasteiger charge is -2.37. The van der Waals surface area contributed by atoms with Gasteiger partial charge < -0.3 is 25.2 Å². The van der Waals surface area contributed by atoms with E-state index in [1.807, 2.05) is 18.2 Å². The van der Waals surface area contributed by atoms with E-state index in [1.165, 1.54) is 16.9 Å². The molecule has 0 amide bonds. The van der Waals surface area contributed by atoms with E-state index in [0.29, 0.717) is 0 Å². The zero-order chi connectivity index (χ0) is 21.9. The smallest absolute Gasteiger partial charge is 0.134 e. The highest BCUT2D eigenvalue weighted by Gasteiger charge is 2.26. The highest BCUT2D eigenvalue weighted by Crippen LogP contribution is 2.38. The lowest BCUT2D eigenvalue weighted by molar-refractivity contribution is 0.415. The molecular formula is C26H28N4OS. The van der Waals surface area contributed by atoms with E-state index in [0.717, 1.165) is 43.3 Å². The molecule has 1 unspecified atom stereocenters. The summed E-state index contributed by atoms with van der Waals surface area (Å²) in [5, 5.41) is 2.16. The number of piperazine rings is 1. The van der Waals surface area contributed by atoms with Gasteiger partial charge >= 0.3 is 0 Å². The Morgan fingerprint density at radius 1 is 0.750 bits per heavy atom. The number of nitrogens with zero attached hydrogens (tertiary/aromatic N) is 3. The fourth-order valence-corrected chi connectivity index (χ4v) is 5.21. The van der Waals surface area contributed by atoms with Crippen molar-refractivity contribution in [3.05, 3.63) is 89.8 Å². The largest absolute Gasteiger partial charge is 0.497 e. The van der Waals surface area contributed by atoms with Crippen molar-refractivity contribution < 1.29 is 4.74 Å². The van der Waals surface area contributed by atoms with Crippen LogP contribution in [0.25, 0.3) is 5.70 Å². The van der Waals surface area contributed by atoms with Crippen LogP contribution >= 0.6 is 11.8 Å². The maximum Gasteiger partial charge on any atom is 0.134 e. The van der Waals surface area contributed by atoms with Crippen LogP contribution in [0, 0.1) is 0 Å². The number of rotatable bonds is 5. The summed E-state index contributed by atoms with van der Waals surface area (Å²) in [5.74, 6) is 0.897. The van der Waals surface area contributed by atoms with Crippen LogP contribution in [0.5, 0.6) is 5.75 Å². The normalized spacial score (nSPS) is 18.6. The van der Waals surface area contributed by atoms with Crippen LogP contribution in [0.4, 0.5) is 17.1 Å². The number of ether oxygens (including phenoxy) is 1. The molecule has 2 aliphatic rings. The number of thioether (sulfide) groups is 1. The first-order valence-corrected chi connectivity index (χ1v) is 11.9. The minimum absolute atomic E-state index is 0.107. The van der Waals surface area contributed by atoms with Crippen molar-refractivity contribution in [2.75, 3.05) is 48.0 Å². The van der Waals surface area contributed by atoms with Gasteiger partial charge in [-0.2, -0.15) is 0 Å². The molecule has 0 saturated carbocycles. The van der Waals surface area contributed by atoms with Gasteiger partial charge in [0.1, 0.15) is 11.2 Å². The van der Waals surface area contributed by atoms with E-state index in [1.54, 1.807) is 18.9 Å². The van der Waals surface area contributed by atoms with Crippen LogP contribution in [0.15, 0.2) is 84.3 Å². The second-order valence-electron chi connectivity index (χ2n) is 7.95. The third-order valence-corrected chi connectivity index (χ3v) is 6.96. The zero-order valence-corrected chi connectivity index (χ0v) is 19.0. The van der Waals surface area contributed by atoms with Crippen LogP contribution in [0.2, 0.25) is 0 Å². The molecule has 3 aromatic rings. The Balaban J connectivity index is 1.25. The number of benzene rings is 3. The zero-order valence-electron chi connectivity index (χ0n) is 18.2. The molecule has 164 valence electrons. The molecule has 32 heavy (non-hydrogen) atoms. The van der Waals surface area contributed by atoms with E-state index in [2.05, 4.69) is 80.8 Å². The van der Waals surface area contributed by atoms with Crippen LogP contribution in [-0.2, 0) is 0 Å². The fraction of sp³-hybridized carbons (Fsp3) is 0.231. The first-order valence-electron chi connectivity index (χ1n) is 10.9. The maximum atomic E-state index is 6.42. The van der Waals surface area contributed by atoms with Crippen molar-refractivity contribution in [1.82, 2.24) is 0 Å². The van der Waals surface area contributed by atoms with Crippen molar-refractivity contribution in [3.63, 3.8) is 0 Å². The quantitative estimate of drug-likeness (QED) is 0.609. The molecule has 0 bridgehead atoms. The lowest BCUT2D eigenvalue weighted by atomic mass is 10.1. The van der Waals surface area contributed by atoms with Crippen molar-refractivity contribution >= 4 is 34.5 Å². The van der Waals surface area contributed by atoms with Crippen molar-refractivity contribution in [3.8, 4) is 5.75 Å². The van der Waals surface area contributed by atoms with E-state index >= 15 is 0 Å². The summed E-state index contributed by atoms with van der Waals surface area (Å²) >= 11 is 1.65. The molecule has 5 nitrogen and oxygen atoms in total. The molecule has 1 saturated heterocycles. The van der Waals surface area contributed by atoms with Crippen LogP contribution in [-0.4, -0.2) is 38.8 Å². The average Bonchev–Trinajstić information content (AvgIpc) is 3.26. The second kappa shape index (κ2) is 9.18. The molecule has 3 aromatic carbocycles. The summed E-state index contributed by atoms with van der Waals surface area (Å²) in [6.07, 6.45) is 0. The Hall–Kier alpha value is -3.09. The minimum Gasteiger partial charge on any atom is -0.497 e. The number of anilines is 3. The minimum atomic E-state index is -0.107. The number of hydrogen-bond donors (Lipinski definition) is 1. The van der Waals surface area contributed by atoms with Gasteiger partial charge in [-0.15, -0.1) is 0 Å². The van der Waals surface area contributed by atoms with E-state index in [9.17, 15) is 0 Å². The molecule has 2 aliphatic heterocycles. The van der Waals surface area contributed by atoms with Crippen molar-refractivity contribution in [2.24, 2.45) is 5.73 Å². The third-order valence-electron chi connectivity index (χ3n) is 6.11. The predicted octanol–water partition coefficient (Wildman–Crippen LogP) is 4.82. The van der Waals surface area contributed by atoms with Gasteiger partial charge in [0, 0.05) is 43.2 Å². The molecule has 0 aliphatic carbocycles. The standard InChI is InChI=1S/C26H28N4OS/c1-31-24-13-11-22(12-14-24)29-17-15-28(16-18-29)21-7-9-23(10-8-21)30-25(19-32-26(30)27)20-5-3-2-4-6-20/h2-14,19,26H,15-18,27H2,1H3. The molecule has 5 rings (SSSR count). The highest BCUT2D eigenvalue weighted by molar-refractivity contribution is 8.03. The van der Waals surface area contributed by atoms with Crippen molar-refractivity contribution in [1.29, 1.82) is 0 Å². The first kappa shape index (κ1) is 20.8. The van der Waals surface area contributed by atoms with Gasteiger partial charge in [0.2, 0.25) is 0 Å². The summed E-state index contributed by atoms with van der Waals surface area (Å²) in [6, 6.07) is 27.6. The summed E-state index contributed by atoms with van der Waals surface area (Å²) in [7, 11) is 1.70. The Kier molecular flexibility index (Phi) is 5.97. The fourth-order valence-electron chi connectivity index (χ4n) is 4.33. The Morgan fingerprint density at radius 3 is 1.84 bits per heavy atom. The average molecular weight is 445 g/mol. The van der Waals surface area contributed by atoms with Crippen molar-refractivity contribution in [2.45, 2.75) is 5.50 Å². The number of hydrogen-bond acceptors (Lipinski definition) is 6. The number of methoxy groups -OCH3 is 1. The predicted molar refractivity (Wildman–Crippen MR) is 136 cm³/mol. The lowest BCUT2D eigenvalue weighted by Crippen LogP contribution is -2.46. The van der Waals surface area contributed by atoms with E-state index in [-0.39, 0.29) is 5.50 Å². The number of nitrogens with two attached hydrogens (primary N) is 1. The first-order chi connectivity index (χ1) is 15.7. The Morgan fingerprint density at radius 2 is 1.28 bits per heavy atom. The van der Waals surface area contributed by atoms with Gasteiger partial charge in [-0.3, -0.25) is 0 Å². The summed E-state index contributed by atoms with van der Waals surface area (Å²) < 4.78 is 5.27. The molecule has 6 heteroatoms. The molecule has 0 spiro atoms. The molecular weight excluding hydrogens is 416 g/mol. The Bertz CT molecular complexity index is 1060. The highest BCUT2D eigenvalue weighted by atomic mass is 32.2. The maximum absolute atomic E-state index is 6.42. The summed E-state index contributed by atoms with van der Waals surface area (Å²) in [6.45, 7) is 4.00. The SMILES string of the molecule is COc1ccc(N2CCN(c3ccc(N4C(c5ccccc5)=CSC4N)cc3)CC2)cc1. The molecule has 2 N–H and O–H groups in total. The topological polar surface area (TPSA) is 45.0 Å². The molecule has 1 atom stereocenters. The van der Waals surface area contributed by atoms with Gasteiger partial charge in [-0.1, -0.05) is 42.1 Å². The summed E-state index contributed by atoms with van der Waals surface area (Å²) in [4.78, 5) is 7.10.